The maximum atomic E-state index is 10.7. The smallest absolute Gasteiger partial charge is 0.133 e. The average molecular weight is 191 g/mol. The lowest BCUT2D eigenvalue weighted by molar-refractivity contribution is -0.972. The molecule has 3 heteroatoms. The molecule has 0 spiro atoms. The second kappa shape index (κ2) is 3.80. The summed E-state index contributed by atoms with van der Waals surface area (Å²) in [7, 11) is 0. The van der Waals surface area contributed by atoms with Gasteiger partial charge in [-0.05, 0) is 0 Å². The number of carbonyl (C=O) groups is 1. The molecule has 1 aromatic carbocycles. The van der Waals surface area contributed by atoms with Crippen LogP contribution in [0.4, 0.5) is 0 Å². The first-order valence-electron chi connectivity index (χ1n) is 4.87. The number of nitrogens with one attached hydrogen (secondary N) is 1. The van der Waals surface area contributed by atoms with Crippen LogP contribution in [0.3, 0.4) is 0 Å². The van der Waals surface area contributed by atoms with Crippen LogP contribution in [0, 0.1) is 0 Å². The summed E-state index contributed by atoms with van der Waals surface area (Å²) >= 11 is 0. The monoisotopic (exact) mass is 191 g/mol. The minimum Gasteiger partial charge on any atom is -0.544 e. The molecule has 3 nitrogen and oxygen atoms in total. The number of carboxylic acids is 1. The zero-order chi connectivity index (χ0) is 9.97. The highest BCUT2D eigenvalue weighted by atomic mass is 16.4. The number of hydrogen-bond acceptors (Lipinski definition) is 2. The zero-order valence-corrected chi connectivity index (χ0v) is 7.90. The van der Waals surface area contributed by atoms with Gasteiger partial charge in [-0.15, -0.1) is 0 Å². The molecule has 2 atom stereocenters. The third kappa shape index (κ3) is 1.77. The maximum absolute atomic E-state index is 10.7. The normalized spacial score (nSPS) is 25.4. The number of benzene rings is 1. The highest BCUT2D eigenvalue weighted by Gasteiger charge is 2.33. The molecule has 14 heavy (non-hydrogen) atoms. The van der Waals surface area contributed by atoms with Crippen molar-refractivity contribution in [2.75, 3.05) is 6.54 Å². The topological polar surface area (TPSA) is 44.6 Å². The molecule has 1 N–H and O–H groups in total. The van der Waals surface area contributed by atoms with E-state index in [1.165, 1.54) is 5.56 Å². The van der Waals surface area contributed by atoms with E-state index in [2.05, 4.69) is 0 Å². The van der Waals surface area contributed by atoms with Crippen LogP contribution in [0.2, 0.25) is 0 Å². The van der Waals surface area contributed by atoms with E-state index in [-0.39, 0.29) is 6.04 Å². The fourth-order valence-electron chi connectivity index (χ4n) is 1.85. The Bertz CT molecular complexity index is 323. The number of likely N-dealkylation sites (tertiary alicyclic amines) is 1. The summed E-state index contributed by atoms with van der Waals surface area (Å²) in [4.78, 5) is 11.8. The lowest BCUT2D eigenvalue weighted by Gasteiger charge is -2.37. The largest absolute Gasteiger partial charge is 0.544 e. The quantitative estimate of drug-likeness (QED) is 0.638. The highest BCUT2D eigenvalue weighted by molar-refractivity contribution is 5.70. The van der Waals surface area contributed by atoms with E-state index in [1.54, 1.807) is 0 Å². The molecule has 1 aromatic rings. The molecule has 0 saturated carbocycles. The summed E-state index contributed by atoms with van der Waals surface area (Å²) in [6.45, 7) is 1.73. The summed E-state index contributed by atoms with van der Waals surface area (Å²) < 4.78 is 0. The Balaban J connectivity index is 1.96. The SMILES string of the molecule is O=C([O-])[C@H]1CC[NH+]1Cc1ccccc1. The van der Waals surface area contributed by atoms with Crippen molar-refractivity contribution in [2.45, 2.75) is 19.0 Å². The van der Waals surface area contributed by atoms with Crippen LogP contribution in [0.1, 0.15) is 12.0 Å². The molecular formula is C11H13NO2. The van der Waals surface area contributed by atoms with Crippen molar-refractivity contribution in [3.05, 3.63) is 35.9 Å². The van der Waals surface area contributed by atoms with Gasteiger partial charge in [0.1, 0.15) is 12.6 Å². The molecule has 2 rings (SSSR count). The van der Waals surface area contributed by atoms with E-state index in [9.17, 15) is 9.90 Å². The number of quaternary nitrogens is 1. The molecular weight excluding hydrogens is 178 g/mol. The van der Waals surface area contributed by atoms with Gasteiger partial charge >= 0.3 is 0 Å². The van der Waals surface area contributed by atoms with Crippen LogP contribution in [0.5, 0.6) is 0 Å². The van der Waals surface area contributed by atoms with Crippen LogP contribution < -0.4 is 10.0 Å². The second-order valence-electron chi connectivity index (χ2n) is 3.73. The predicted molar refractivity (Wildman–Crippen MR) is 49.4 cm³/mol. The Morgan fingerprint density at radius 2 is 2.14 bits per heavy atom. The predicted octanol–water partition coefficient (Wildman–Crippen LogP) is -1.41. The van der Waals surface area contributed by atoms with Crippen LogP contribution in [-0.4, -0.2) is 18.6 Å². The molecule has 0 amide bonds. The minimum atomic E-state index is -0.915. The van der Waals surface area contributed by atoms with Gasteiger partial charge in [-0.1, -0.05) is 30.3 Å². The lowest BCUT2D eigenvalue weighted by atomic mass is 10.0. The van der Waals surface area contributed by atoms with E-state index in [0.717, 1.165) is 24.4 Å². The summed E-state index contributed by atoms with van der Waals surface area (Å²) in [6, 6.07) is 9.67. The zero-order valence-electron chi connectivity index (χ0n) is 7.90. The first-order valence-corrected chi connectivity index (χ1v) is 4.87. The number of carbonyl (C=O) groups excluding carboxylic acids is 1. The van der Waals surface area contributed by atoms with Gasteiger partial charge in [-0.25, -0.2) is 0 Å². The van der Waals surface area contributed by atoms with Gasteiger partial charge in [0.05, 0.1) is 18.9 Å². The molecule has 0 radical (unpaired) electrons. The van der Waals surface area contributed by atoms with Crippen molar-refractivity contribution < 1.29 is 14.8 Å². The summed E-state index contributed by atoms with van der Waals surface area (Å²) in [6.07, 6.45) is 0.754. The first kappa shape index (κ1) is 9.21. The number of aliphatic carboxylic acids is 1. The molecule has 1 fully saturated rings. The summed E-state index contributed by atoms with van der Waals surface area (Å²) in [5.74, 6) is -0.915. The second-order valence-corrected chi connectivity index (χ2v) is 3.73. The van der Waals surface area contributed by atoms with Crippen LogP contribution in [-0.2, 0) is 11.3 Å². The third-order valence-electron chi connectivity index (χ3n) is 2.81. The first-order chi connectivity index (χ1) is 6.77. The van der Waals surface area contributed by atoms with Crippen molar-refractivity contribution in [1.29, 1.82) is 0 Å². The molecule has 1 aliphatic rings. The Hall–Kier alpha value is -1.35. The fourth-order valence-corrected chi connectivity index (χ4v) is 1.85. The van der Waals surface area contributed by atoms with Crippen molar-refractivity contribution in [3.8, 4) is 0 Å². The van der Waals surface area contributed by atoms with Gasteiger partial charge in [-0.3, -0.25) is 0 Å². The average Bonchev–Trinajstić information content (AvgIpc) is 2.13. The Morgan fingerprint density at radius 1 is 1.43 bits per heavy atom. The van der Waals surface area contributed by atoms with Gasteiger partial charge in [0.25, 0.3) is 0 Å². The highest BCUT2D eigenvalue weighted by Crippen LogP contribution is 2.00. The number of rotatable bonds is 3. The van der Waals surface area contributed by atoms with Gasteiger partial charge in [-0.2, -0.15) is 0 Å². The van der Waals surface area contributed by atoms with Gasteiger partial charge in [0.15, 0.2) is 0 Å². The Labute approximate surface area is 83.0 Å². The van der Waals surface area contributed by atoms with E-state index < -0.39 is 5.97 Å². The standard InChI is InChI=1S/C11H13NO2/c13-11(14)10-6-7-12(10)8-9-4-2-1-3-5-9/h1-5,10H,6-8H2,(H,13,14)/t10-/m1/s1. The molecule has 1 unspecified atom stereocenters. The van der Waals surface area contributed by atoms with Gasteiger partial charge < -0.3 is 14.8 Å². The molecule has 1 heterocycles. The number of hydrogen-bond donors (Lipinski definition) is 1. The summed E-state index contributed by atoms with van der Waals surface area (Å²) in [5, 5.41) is 10.7. The van der Waals surface area contributed by atoms with E-state index in [1.807, 2.05) is 30.3 Å². The van der Waals surface area contributed by atoms with Gasteiger partial charge in [0, 0.05) is 5.56 Å². The minimum absolute atomic E-state index is 0.296. The third-order valence-corrected chi connectivity index (χ3v) is 2.81. The van der Waals surface area contributed by atoms with E-state index in [4.69, 9.17) is 0 Å². The molecule has 0 aliphatic carbocycles. The van der Waals surface area contributed by atoms with Gasteiger partial charge in [0.2, 0.25) is 0 Å². The van der Waals surface area contributed by atoms with Crippen LogP contribution >= 0.6 is 0 Å². The molecule has 0 bridgehead atoms. The van der Waals surface area contributed by atoms with Crippen molar-refractivity contribution in [3.63, 3.8) is 0 Å². The van der Waals surface area contributed by atoms with E-state index in [0.29, 0.717) is 0 Å². The Kier molecular flexibility index (Phi) is 2.50. The molecule has 74 valence electrons. The van der Waals surface area contributed by atoms with Crippen LogP contribution in [0.25, 0.3) is 0 Å². The molecule has 1 aliphatic heterocycles. The van der Waals surface area contributed by atoms with E-state index >= 15 is 0 Å². The van der Waals surface area contributed by atoms with Crippen molar-refractivity contribution in [1.82, 2.24) is 0 Å². The maximum Gasteiger partial charge on any atom is 0.133 e. The fraction of sp³-hybridized carbons (Fsp3) is 0.364. The summed E-state index contributed by atoms with van der Waals surface area (Å²) in [5.41, 5.74) is 1.19. The number of carboxylic acid groups (broad SMARTS) is 1. The molecule has 0 aromatic heterocycles. The van der Waals surface area contributed by atoms with Crippen molar-refractivity contribution >= 4 is 5.97 Å². The Morgan fingerprint density at radius 3 is 2.64 bits per heavy atom. The van der Waals surface area contributed by atoms with Crippen LogP contribution in [0.15, 0.2) is 30.3 Å². The lowest BCUT2D eigenvalue weighted by Crippen LogP contribution is -3.22. The van der Waals surface area contributed by atoms with Crippen molar-refractivity contribution in [2.24, 2.45) is 0 Å². The molecule has 1 saturated heterocycles.